The first-order valence-electron chi connectivity index (χ1n) is 4.96. The highest BCUT2D eigenvalue weighted by molar-refractivity contribution is 6.03. The monoisotopic (exact) mass is 222 g/mol. The summed E-state index contributed by atoms with van der Waals surface area (Å²) in [5.74, 6) is -1.20. The van der Waals surface area contributed by atoms with Crippen LogP contribution >= 0.6 is 0 Å². The minimum absolute atomic E-state index is 0.200. The molecule has 4 nitrogen and oxygen atoms in total. The highest BCUT2D eigenvalue weighted by Crippen LogP contribution is 2.26. The smallest absolute Gasteiger partial charge is 0.240 e. The number of amides is 2. The number of hydrogen-bond donors (Lipinski definition) is 1. The Labute approximate surface area is 91.8 Å². The van der Waals surface area contributed by atoms with Crippen LogP contribution in [0, 0.1) is 5.82 Å². The zero-order chi connectivity index (χ0) is 11.7. The molecule has 1 atom stereocenters. The van der Waals surface area contributed by atoms with Gasteiger partial charge in [-0.15, -0.1) is 0 Å². The highest BCUT2D eigenvalue weighted by atomic mass is 19.1. The van der Waals surface area contributed by atoms with Crippen LogP contribution in [0.4, 0.5) is 10.1 Å². The molecule has 1 aliphatic rings. The second-order valence-electron chi connectivity index (χ2n) is 3.70. The molecule has 1 heterocycles. The summed E-state index contributed by atoms with van der Waals surface area (Å²) in [5.41, 5.74) is 5.58. The van der Waals surface area contributed by atoms with Gasteiger partial charge in [-0.3, -0.25) is 14.5 Å². The van der Waals surface area contributed by atoms with Crippen molar-refractivity contribution in [3.8, 4) is 0 Å². The van der Waals surface area contributed by atoms with E-state index in [2.05, 4.69) is 0 Å². The van der Waals surface area contributed by atoms with Crippen LogP contribution in [0.25, 0.3) is 0 Å². The number of nitrogens with zero attached hydrogens (tertiary/aromatic N) is 1. The summed E-state index contributed by atoms with van der Waals surface area (Å²) in [6.45, 7) is 0. The second-order valence-corrected chi connectivity index (χ2v) is 3.70. The Balaban J connectivity index is 2.37. The average Bonchev–Trinajstić information content (AvgIpc) is 2.60. The van der Waals surface area contributed by atoms with E-state index in [1.165, 1.54) is 23.1 Å². The number of benzene rings is 1. The lowest BCUT2D eigenvalue weighted by Gasteiger charge is -2.22. The molecular weight excluding hydrogens is 211 g/mol. The molecule has 0 aromatic heterocycles. The van der Waals surface area contributed by atoms with Crippen molar-refractivity contribution in [1.82, 2.24) is 0 Å². The van der Waals surface area contributed by atoms with Gasteiger partial charge in [0, 0.05) is 12.1 Å². The minimum atomic E-state index is -0.658. The van der Waals surface area contributed by atoms with Crippen LogP contribution in [0.2, 0.25) is 0 Å². The van der Waals surface area contributed by atoms with E-state index in [9.17, 15) is 14.0 Å². The zero-order valence-corrected chi connectivity index (χ0v) is 8.52. The fourth-order valence-electron chi connectivity index (χ4n) is 1.90. The molecule has 1 aromatic rings. The van der Waals surface area contributed by atoms with Gasteiger partial charge in [0.25, 0.3) is 0 Å². The van der Waals surface area contributed by atoms with Gasteiger partial charge in [0.15, 0.2) is 0 Å². The van der Waals surface area contributed by atoms with Crippen molar-refractivity contribution < 1.29 is 14.0 Å². The Morgan fingerprint density at radius 3 is 2.88 bits per heavy atom. The first-order valence-corrected chi connectivity index (χ1v) is 4.96. The standard InChI is InChI=1S/C11H11FN2O2/c12-7-2-1-3-8(6-7)14-9(11(13)16)4-5-10(14)15/h1-3,6,9H,4-5H2,(H2,13,16). The molecule has 0 bridgehead atoms. The Bertz CT molecular complexity index is 447. The molecule has 16 heavy (non-hydrogen) atoms. The number of nitrogens with two attached hydrogens (primary N) is 1. The maximum Gasteiger partial charge on any atom is 0.240 e. The molecular formula is C11H11FN2O2. The van der Waals surface area contributed by atoms with Gasteiger partial charge in [-0.2, -0.15) is 0 Å². The Kier molecular flexibility index (Phi) is 2.60. The molecule has 1 aromatic carbocycles. The van der Waals surface area contributed by atoms with E-state index < -0.39 is 17.8 Å². The van der Waals surface area contributed by atoms with Crippen molar-refractivity contribution in [3.63, 3.8) is 0 Å². The van der Waals surface area contributed by atoms with Crippen LogP contribution in [0.15, 0.2) is 24.3 Å². The molecule has 0 saturated carbocycles. The van der Waals surface area contributed by atoms with Crippen molar-refractivity contribution in [2.24, 2.45) is 5.73 Å². The van der Waals surface area contributed by atoms with E-state index in [-0.39, 0.29) is 12.3 Å². The van der Waals surface area contributed by atoms with Crippen LogP contribution in [0.1, 0.15) is 12.8 Å². The SMILES string of the molecule is NC(=O)C1CCC(=O)N1c1cccc(F)c1. The van der Waals surface area contributed by atoms with Crippen molar-refractivity contribution in [3.05, 3.63) is 30.1 Å². The summed E-state index contributed by atoms with van der Waals surface area (Å²) in [6, 6.07) is 4.92. The predicted octanol–water partition coefficient (Wildman–Crippen LogP) is 0.806. The molecule has 84 valence electrons. The number of carbonyl (C=O) groups is 2. The molecule has 1 aliphatic heterocycles. The minimum Gasteiger partial charge on any atom is -0.368 e. The summed E-state index contributed by atoms with van der Waals surface area (Å²) in [4.78, 5) is 24.0. The number of carbonyl (C=O) groups excluding carboxylic acids is 2. The molecule has 1 saturated heterocycles. The van der Waals surface area contributed by atoms with Gasteiger partial charge < -0.3 is 5.73 Å². The highest BCUT2D eigenvalue weighted by Gasteiger charge is 2.35. The van der Waals surface area contributed by atoms with E-state index >= 15 is 0 Å². The van der Waals surface area contributed by atoms with Crippen molar-refractivity contribution >= 4 is 17.5 Å². The summed E-state index contributed by atoms with van der Waals surface area (Å²) in [5, 5.41) is 0. The molecule has 0 aliphatic carbocycles. The third kappa shape index (κ3) is 1.76. The van der Waals surface area contributed by atoms with E-state index in [1.807, 2.05) is 0 Å². The maximum atomic E-state index is 13.0. The fraction of sp³-hybridized carbons (Fsp3) is 0.273. The zero-order valence-electron chi connectivity index (χ0n) is 8.52. The van der Waals surface area contributed by atoms with Crippen molar-refractivity contribution in [1.29, 1.82) is 0 Å². The number of anilines is 1. The van der Waals surface area contributed by atoms with E-state index in [4.69, 9.17) is 5.73 Å². The van der Waals surface area contributed by atoms with Crippen molar-refractivity contribution in [2.45, 2.75) is 18.9 Å². The van der Waals surface area contributed by atoms with Gasteiger partial charge in [0.2, 0.25) is 11.8 Å². The molecule has 2 N–H and O–H groups in total. The lowest BCUT2D eigenvalue weighted by molar-refractivity contribution is -0.121. The quantitative estimate of drug-likeness (QED) is 0.804. The van der Waals surface area contributed by atoms with Gasteiger partial charge >= 0.3 is 0 Å². The summed E-state index contributed by atoms with van der Waals surface area (Å²) >= 11 is 0. The number of hydrogen-bond acceptors (Lipinski definition) is 2. The topological polar surface area (TPSA) is 63.4 Å². The first kappa shape index (κ1) is 10.6. The van der Waals surface area contributed by atoms with Crippen LogP contribution in [-0.2, 0) is 9.59 Å². The summed E-state index contributed by atoms with van der Waals surface area (Å²) < 4.78 is 13.0. The Morgan fingerprint density at radius 2 is 2.25 bits per heavy atom. The lowest BCUT2D eigenvalue weighted by atomic mass is 10.2. The van der Waals surface area contributed by atoms with E-state index in [0.29, 0.717) is 12.1 Å². The molecule has 5 heteroatoms. The van der Waals surface area contributed by atoms with Gasteiger partial charge in [0.05, 0.1) is 0 Å². The molecule has 2 amide bonds. The van der Waals surface area contributed by atoms with Crippen LogP contribution < -0.4 is 10.6 Å². The van der Waals surface area contributed by atoms with E-state index in [0.717, 1.165) is 0 Å². The van der Waals surface area contributed by atoms with Crippen LogP contribution in [0.3, 0.4) is 0 Å². The number of primary amides is 1. The number of rotatable bonds is 2. The molecule has 1 fully saturated rings. The third-order valence-electron chi connectivity index (χ3n) is 2.63. The van der Waals surface area contributed by atoms with Crippen molar-refractivity contribution in [2.75, 3.05) is 4.90 Å². The third-order valence-corrected chi connectivity index (χ3v) is 2.63. The van der Waals surface area contributed by atoms with Gasteiger partial charge in [-0.25, -0.2) is 4.39 Å². The molecule has 2 rings (SSSR count). The lowest BCUT2D eigenvalue weighted by Crippen LogP contribution is -2.42. The maximum absolute atomic E-state index is 13.0. The molecule has 0 spiro atoms. The Morgan fingerprint density at radius 1 is 1.50 bits per heavy atom. The van der Waals surface area contributed by atoms with Crippen LogP contribution in [-0.4, -0.2) is 17.9 Å². The molecule has 0 radical (unpaired) electrons. The van der Waals surface area contributed by atoms with Crippen LogP contribution in [0.5, 0.6) is 0 Å². The van der Waals surface area contributed by atoms with Gasteiger partial charge in [-0.05, 0) is 24.6 Å². The van der Waals surface area contributed by atoms with Gasteiger partial charge in [0.1, 0.15) is 11.9 Å². The largest absolute Gasteiger partial charge is 0.368 e. The summed E-state index contributed by atoms with van der Waals surface area (Å²) in [7, 11) is 0. The number of halogens is 1. The van der Waals surface area contributed by atoms with E-state index in [1.54, 1.807) is 6.07 Å². The normalized spacial score (nSPS) is 20.2. The predicted molar refractivity (Wildman–Crippen MR) is 56.1 cm³/mol. The molecule has 1 unspecified atom stereocenters. The average molecular weight is 222 g/mol. The van der Waals surface area contributed by atoms with Gasteiger partial charge in [-0.1, -0.05) is 6.07 Å². The fourth-order valence-corrected chi connectivity index (χ4v) is 1.90. The Hall–Kier alpha value is -1.91. The summed E-state index contributed by atoms with van der Waals surface area (Å²) in [6.07, 6.45) is 0.662. The second kappa shape index (κ2) is 3.92. The first-order chi connectivity index (χ1) is 7.59.